The molecule has 0 saturated heterocycles. The van der Waals surface area contributed by atoms with E-state index in [0.29, 0.717) is 18.9 Å². The summed E-state index contributed by atoms with van der Waals surface area (Å²) in [5.41, 5.74) is 6.43. The summed E-state index contributed by atoms with van der Waals surface area (Å²) >= 11 is 13.7. The molecule has 0 spiro atoms. The summed E-state index contributed by atoms with van der Waals surface area (Å²) in [5.74, 6) is 2.25. The van der Waals surface area contributed by atoms with Gasteiger partial charge >= 0.3 is 0 Å². The lowest BCUT2D eigenvalue weighted by Crippen LogP contribution is -1.97. The van der Waals surface area contributed by atoms with Crippen molar-refractivity contribution in [3.05, 3.63) is 118 Å². The summed E-state index contributed by atoms with van der Waals surface area (Å²) in [5, 5.41) is 4.37. The van der Waals surface area contributed by atoms with Crippen LogP contribution in [0.5, 0.6) is 11.5 Å². The van der Waals surface area contributed by atoms with Crippen molar-refractivity contribution in [3.8, 4) is 33.5 Å². The number of hydrogen-bond acceptors (Lipinski definition) is 5. The Morgan fingerprint density at radius 2 is 1.14 bits per heavy atom. The van der Waals surface area contributed by atoms with Gasteiger partial charge in [-0.15, -0.1) is 0 Å². The number of rotatable bonds is 8. The summed E-state index contributed by atoms with van der Waals surface area (Å²) < 4.78 is 20.5. The first kappa shape index (κ1) is 27.5. The first-order valence-electron chi connectivity index (χ1n) is 13.7. The minimum atomic E-state index is 0.676. The molecule has 0 unspecified atom stereocenters. The highest BCUT2D eigenvalue weighted by molar-refractivity contribution is 7.09. The quantitative estimate of drug-likeness (QED) is 0.169. The van der Waals surface area contributed by atoms with E-state index in [1.54, 1.807) is 14.2 Å². The number of benzene rings is 4. The summed E-state index contributed by atoms with van der Waals surface area (Å²) in [6, 6.07) is 28.1. The third kappa shape index (κ3) is 5.36. The third-order valence-electron chi connectivity index (χ3n) is 7.61. The number of aromatic nitrogens is 4. The molecule has 43 heavy (non-hydrogen) atoms. The van der Waals surface area contributed by atoms with Crippen LogP contribution in [-0.4, -0.2) is 32.7 Å². The van der Waals surface area contributed by atoms with Crippen molar-refractivity contribution in [1.29, 1.82) is 0 Å². The zero-order valence-electron chi connectivity index (χ0n) is 23.4. The standard InChI is InChI=1S/C34H26Cl2N4O2S/c1-41-25-11-13-31-27(15-25)29(19-39(31)17-21-3-7-23(35)8-4-21)33-37-34(43-38-33)30-20-40(18-22-5-9-24(36)10-6-22)32-14-12-26(42-2)16-28(30)32/h3-16,19-20H,17-18H2,1-2H3. The van der Waals surface area contributed by atoms with Crippen molar-refractivity contribution in [3.63, 3.8) is 0 Å². The molecule has 0 N–H and O–H groups in total. The summed E-state index contributed by atoms with van der Waals surface area (Å²) in [6.45, 7) is 1.39. The van der Waals surface area contributed by atoms with E-state index in [-0.39, 0.29) is 0 Å². The Morgan fingerprint density at radius 1 is 0.651 bits per heavy atom. The van der Waals surface area contributed by atoms with Gasteiger partial charge in [0.1, 0.15) is 16.5 Å². The normalized spacial score (nSPS) is 11.4. The van der Waals surface area contributed by atoms with Gasteiger partial charge in [-0.05, 0) is 83.3 Å². The highest BCUT2D eigenvalue weighted by Gasteiger charge is 2.20. The largest absolute Gasteiger partial charge is 0.497 e. The number of fused-ring (bicyclic) bond motifs is 2. The Kier molecular flexibility index (Phi) is 7.31. The fourth-order valence-corrected chi connectivity index (χ4v) is 6.38. The van der Waals surface area contributed by atoms with E-state index >= 15 is 0 Å². The molecular weight excluding hydrogens is 599 g/mol. The van der Waals surface area contributed by atoms with E-state index in [2.05, 4.69) is 51.9 Å². The average Bonchev–Trinajstić information content (AvgIpc) is 3.75. The lowest BCUT2D eigenvalue weighted by molar-refractivity contribution is 0.415. The zero-order chi connectivity index (χ0) is 29.5. The second kappa shape index (κ2) is 11.4. The van der Waals surface area contributed by atoms with E-state index in [4.69, 9.17) is 42.0 Å². The van der Waals surface area contributed by atoms with Crippen molar-refractivity contribution < 1.29 is 9.47 Å². The molecule has 7 rings (SSSR count). The van der Waals surface area contributed by atoms with E-state index in [1.807, 2.05) is 54.6 Å². The van der Waals surface area contributed by atoms with Crippen LogP contribution in [0.4, 0.5) is 0 Å². The number of halogens is 2. The second-order valence-electron chi connectivity index (χ2n) is 10.3. The summed E-state index contributed by atoms with van der Waals surface area (Å²) in [4.78, 5) is 5.09. The van der Waals surface area contributed by atoms with Crippen molar-refractivity contribution in [1.82, 2.24) is 18.5 Å². The van der Waals surface area contributed by atoms with Gasteiger partial charge < -0.3 is 18.6 Å². The maximum absolute atomic E-state index is 6.13. The molecule has 0 aliphatic rings. The maximum Gasteiger partial charge on any atom is 0.175 e. The predicted molar refractivity (Wildman–Crippen MR) is 176 cm³/mol. The Morgan fingerprint density at radius 3 is 1.65 bits per heavy atom. The summed E-state index contributed by atoms with van der Waals surface area (Å²) in [6.07, 6.45) is 4.27. The molecule has 0 fully saturated rings. The Balaban J connectivity index is 1.31. The molecule has 0 saturated carbocycles. The van der Waals surface area contributed by atoms with E-state index in [1.165, 1.54) is 11.5 Å². The molecule has 9 heteroatoms. The van der Waals surface area contributed by atoms with Gasteiger partial charge in [-0.25, -0.2) is 4.98 Å². The van der Waals surface area contributed by atoms with Gasteiger partial charge in [0, 0.05) is 68.5 Å². The van der Waals surface area contributed by atoms with Gasteiger partial charge in [0.25, 0.3) is 0 Å². The van der Waals surface area contributed by atoms with Gasteiger partial charge in [0.05, 0.1) is 14.2 Å². The van der Waals surface area contributed by atoms with Crippen LogP contribution in [-0.2, 0) is 13.1 Å². The van der Waals surface area contributed by atoms with Crippen molar-refractivity contribution in [2.45, 2.75) is 13.1 Å². The van der Waals surface area contributed by atoms with Crippen LogP contribution in [0.2, 0.25) is 10.0 Å². The van der Waals surface area contributed by atoms with Crippen molar-refractivity contribution >= 4 is 56.5 Å². The van der Waals surface area contributed by atoms with Crippen LogP contribution < -0.4 is 9.47 Å². The number of hydrogen-bond donors (Lipinski definition) is 0. The van der Waals surface area contributed by atoms with Gasteiger partial charge in [-0.3, -0.25) is 0 Å². The minimum Gasteiger partial charge on any atom is -0.497 e. The molecule has 0 atom stereocenters. The van der Waals surface area contributed by atoms with Gasteiger partial charge in [-0.2, -0.15) is 4.37 Å². The van der Waals surface area contributed by atoms with Crippen LogP contribution in [0.1, 0.15) is 11.1 Å². The molecule has 214 valence electrons. The molecule has 4 aromatic carbocycles. The Bertz CT molecular complexity index is 1930. The number of nitrogens with zero attached hydrogens (tertiary/aromatic N) is 4. The molecule has 0 aliphatic carbocycles. The predicted octanol–water partition coefficient (Wildman–Crippen LogP) is 9.20. The van der Waals surface area contributed by atoms with Crippen molar-refractivity contribution in [2.75, 3.05) is 14.2 Å². The monoisotopic (exact) mass is 624 g/mol. The second-order valence-corrected chi connectivity index (χ2v) is 11.9. The third-order valence-corrected chi connectivity index (χ3v) is 8.86. The van der Waals surface area contributed by atoms with Gasteiger partial charge in [-0.1, -0.05) is 47.5 Å². The first-order chi connectivity index (χ1) is 21.0. The smallest absolute Gasteiger partial charge is 0.175 e. The molecule has 0 amide bonds. The highest BCUT2D eigenvalue weighted by Crippen LogP contribution is 2.38. The Labute approximate surface area is 262 Å². The topological polar surface area (TPSA) is 54.1 Å². The molecule has 6 nitrogen and oxygen atoms in total. The van der Waals surface area contributed by atoms with Crippen LogP contribution >= 0.6 is 34.7 Å². The van der Waals surface area contributed by atoms with Crippen LogP contribution in [0.25, 0.3) is 43.8 Å². The number of methoxy groups -OCH3 is 2. The van der Waals surface area contributed by atoms with E-state index in [9.17, 15) is 0 Å². The summed E-state index contributed by atoms with van der Waals surface area (Å²) in [7, 11) is 3.36. The lowest BCUT2D eigenvalue weighted by atomic mass is 10.1. The molecule has 0 aliphatic heterocycles. The SMILES string of the molecule is COc1ccc2c(c1)c(-c1nsc(-c3cn(Cc4ccc(Cl)cc4)c4ccc(OC)cc34)n1)cn2Cc1ccc(Cl)cc1. The van der Waals surface area contributed by atoms with Crippen LogP contribution in [0.15, 0.2) is 97.3 Å². The van der Waals surface area contributed by atoms with E-state index in [0.717, 1.165) is 70.6 Å². The fraction of sp³-hybridized carbons (Fsp3) is 0.118. The lowest BCUT2D eigenvalue weighted by Gasteiger charge is -2.06. The molecule has 7 aromatic rings. The van der Waals surface area contributed by atoms with E-state index < -0.39 is 0 Å². The average molecular weight is 626 g/mol. The molecule has 3 heterocycles. The van der Waals surface area contributed by atoms with Gasteiger partial charge in [0.2, 0.25) is 0 Å². The van der Waals surface area contributed by atoms with Crippen LogP contribution in [0, 0.1) is 0 Å². The Hall–Kier alpha value is -4.30. The minimum absolute atomic E-state index is 0.676. The maximum atomic E-state index is 6.13. The zero-order valence-corrected chi connectivity index (χ0v) is 25.7. The molecule has 3 aromatic heterocycles. The van der Waals surface area contributed by atoms with Crippen LogP contribution in [0.3, 0.4) is 0 Å². The highest BCUT2D eigenvalue weighted by atomic mass is 35.5. The first-order valence-corrected chi connectivity index (χ1v) is 15.2. The van der Waals surface area contributed by atoms with Crippen molar-refractivity contribution in [2.24, 2.45) is 0 Å². The van der Waals surface area contributed by atoms with Gasteiger partial charge in [0.15, 0.2) is 5.82 Å². The fourth-order valence-electron chi connectivity index (χ4n) is 5.43. The number of ether oxygens (including phenoxy) is 2. The molecular formula is C34H26Cl2N4O2S. The molecule has 0 bridgehead atoms. The molecule has 0 radical (unpaired) electrons.